The van der Waals surface area contributed by atoms with E-state index in [2.05, 4.69) is 407 Å². The van der Waals surface area contributed by atoms with Crippen molar-refractivity contribution < 1.29 is 0 Å². The number of fused-ring (bicyclic) bond motifs is 6. The maximum atomic E-state index is 2.55. The van der Waals surface area contributed by atoms with Crippen molar-refractivity contribution >= 4 is 22.7 Å². The van der Waals surface area contributed by atoms with Crippen LogP contribution in [0.15, 0.2) is 328 Å². The summed E-state index contributed by atoms with van der Waals surface area (Å²) >= 11 is 0. The summed E-state index contributed by atoms with van der Waals surface area (Å²) in [6, 6.07) is 125. The van der Waals surface area contributed by atoms with Gasteiger partial charge >= 0.3 is 0 Å². The third-order valence-electron chi connectivity index (χ3n) is 28.0. The lowest BCUT2D eigenvalue weighted by Gasteiger charge is -2.33. The molecule has 14 aromatic rings. The monoisotopic (exact) mass is 1570 g/mol. The highest BCUT2D eigenvalue weighted by Crippen LogP contribution is 2.58. The van der Waals surface area contributed by atoms with Crippen LogP contribution in [0.4, 0.5) is 22.7 Å². The maximum absolute atomic E-state index is 2.55. The molecule has 0 bridgehead atoms. The second-order valence-corrected chi connectivity index (χ2v) is 35.8. The molecule has 0 aromatic heterocycles. The van der Waals surface area contributed by atoms with Gasteiger partial charge in [0.15, 0.2) is 0 Å². The van der Waals surface area contributed by atoms with Crippen LogP contribution in [0.2, 0.25) is 0 Å². The Morgan fingerprint density at radius 2 is 0.450 bits per heavy atom. The lowest BCUT2D eigenvalue weighted by molar-refractivity contribution is 0.401. The fraction of sp³-hybridized carbons (Fsp3) is 0.288. The number of aryl methyl sites for hydroxylation is 1. The van der Waals surface area contributed by atoms with Gasteiger partial charge < -0.3 is 9.80 Å². The Morgan fingerprint density at radius 3 is 0.742 bits per heavy atom. The van der Waals surface area contributed by atoms with Gasteiger partial charge in [0.25, 0.3) is 0 Å². The van der Waals surface area contributed by atoms with E-state index >= 15 is 0 Å². The van der Waals surface area contributed by atoms with E-state index in [-0.39, 0.29) is 16.2 Å². The molecule has 0 fully saturated rings. The number of hydrogen-bond acceptors (Lipinski definition) is 2. The van der Waals surface area contributed by atoms with Crippen molar-refractivity contribution in [3.8, 4) is 89.0 Å². The van der Waals surface area contributed by atoms with E-state index in [1.165, 1.54) is 285 Å². The normalized spacial score (nSPS) is 13.4. The summed E-state index contributed by atoms with van der Waals surface area (Å²) in [5.74, 6) is 0. The lowest BCUT2D eigenvalue weighted by atomic mass is 9.69. The highest BCUT2D eigenvalue weighted by Gasteiger charge is 2.44. The van der Waals surface area contributed by atoms with Crippen LogP contribution in [-0.2, 0) is 21.7 Å². The van der Waals surface area contributed by atoms with Crippen molar-refractivity contribution in [2.45, 2.75) is 205 Å². The summed E-state index contributed by atoms with van der Waals surface area (Å²) in [6.07, 6.45) is 25.4. The standard InChI is InChI=1S/C118H124N2/c1-11-15-19-27-79-117(80-28-20-16-12-2)111-33-25-23-31-107(111)109-77-75-105(83-113(109)117)119(9)103-71-57-96(58-72-103)91-47-43-88(44-48-91)93-51-61-98(62-52-93)115(6,7)99-67-69-102(70-68-99)116(8,100-63-53-94(54-64-100)89-41-39-87(40-42-89)86-37-35-85(5)36-38-86)101-65-55-95(56-66-101)90-45-49-92(50-46-90)97-59-73-104(74-60-97)120(10)106-76-78-110-108-32-24-26-34-112(108)118(114(110)84-106,81-29-21-17-13-3)82-30-22-18-14-4/h23-26,31-78,83-84H,11-22,27-30,79-82H2,1-10H3. The quantitative estimate of drug-likeness (QED) is 0.0289. The molecule has 2 aliphatic rings. The van der Waals surface area contributed by atoms with Crippen LogP contribution in [0, 0.1) is 6.92 Å². The molecule has 0 heterocycles. The van der Waals surface area contributed by atoms with Crippen LogP contribution in [0.25, 0.3) is 89.0 Å². The molecule has 606 valence electrons. The van der Waals surface area contributed by atoms with Gasteiger partial charge in [0.2, 0.25) is 0 Å². The molecule has 0 N–H and O–H groups in total. The largest absolute Gasteiger partial charge is 0.345 e. The van der Waals surface area contributed by atoms with E-state index in [1.807, 2.05) is 0 Å². The fourth-order valence-corrected chi connectivity index (χ4v) is 20.4. The van der Waals surface area contributed by atoms with Crippen LogP contribution < -0.4 is 9.80 Å². The van der Waals surface area contributed by atoms with E-state index in [4.69, 9.17) is 0 Å². The first-order chi connectivity index (χ1) is 58.6. The molecule has 1 atom stereocenters. The van der Waals surface area contributed by atoms with Crippen molar-refractivity contribution in [3.05, 3.63) is 383 Å². The highest BCUT2D eigenvalue weighted by molar-refractivity contribution is 5.86. The summed E-state index contributed by atoms with van der Waals surface area (Å²) in [6.45, 7) is 18.6. The number of rotatable bonds is 35. The summed E-state index contributed by atoms with van der Waals surface area (Å²) in [5.41, 5.74) is 38.3. The second-order valence-electron chi connectivity index (χ2n) is 35.8. The minimum Gasteiger partial charge on any atom is -0.345 e. The zero-order chi connectivity index (χ0) is 82.8. The van der Waals surface area contributed by atoms with Gasteiger partial charge in [-0.1, -0.05) is 429 Å². The first-order valence-electron chi connectivity index (χ1n) is 45.6. The number of hydrogen-bond donors (Lipinski definition) is 0. The van der Waals surface area contributed by atoms with E-state index < -0.39 is 5.41 Å². The van der Waals surface area contributed by atoms with Crippen LogP contribution >= 0.6 is 0 Å². The van der Waals surface area contributed by atoms with Gasteiger partial charge in [0.1, 0.15) is 0 Å². The fourth-order valence-electron chi connectivity index (χ4n) is 20.4. The van der Waals surface area contributed by atoms with E-state index in [0.717, 1.165) is 0 Å². The Balaban J connectivity index is 0.612. The highest BCUT2D eigenvalue weighted by atomic mass is 15.1. The van der Waals surface area contributed by atoms with Gasteiger partial charge in [0, 0.05) is 58.5 Å². The van der Waals surface area contributed by atoms with E-state index in [9.17, 15) is 0 Å². The molecule has 2 nitrogen and oxygen atoms in total. The Labute approximate surface area is 719 Å². The van der Waals surface area contributed by atoms with Crippen LogP contribution in [0.3, 0.4) is 0 Å². The van der Waals surface area contributed by atoms with E-state index in [0.29, 0.717) is 0 Å². The molecule has 0 aliphatic heterocycles. The molecule has 16 rings (SSSR count). The van der Waals surface area contributed by atoms with Gasteiger partial charge in [-0.05, 0) is 227 Å². The van der Waals surface area contributed by atoms with Crippen LogP contribution in [-0.4, -0.2) is 14.1 Å². The summed E-state index contributed by atoms with van der Waals surface area (Å²) in [5, 5.41) is 0. The van der Waals surface area contributed by atoms with Crippen molar-refractivity contribution in [2.24, 2.45) is 0 Å². The summed E-state index contributed by atoms with van der Waals surface area (Å²) in [4.78, 5) is 4.78. The van der Waals surface area contributed by atoms with Crippen molar-refractivity contribution in [1.29, 1.82) is 0 Å². The summed E-state index contributed by atoms with van der Waals surface area (Å²) < 4.78 is 0. The van der Waals surface area contributed by atoms with Crippen molar-refractivity contribution in [1.82, 2.24) is 0 Å². The molecule has 1 unspecified atom stereocenters. The third-order valence-corrected chi connectivity index (χ3v) is 28.0. The topological polar surface area (TPSA) is 6.48 Å². The Bertz CT molecular complexity index is 5710. The zero-order valence-corrected chi connectivity index (χ0v) is 73.2. The maximum Gasteiger partial charge on any atom is 0.0423 e. The zero-order valence-electron chi connectivity index (χ0n) is 73.2. The molecule has 14 aromatic carbocycles. The predicted octanol–water partition coefficient (Wildman–Crippen LogP) is 33.6. The van der Waals surface area contributed by atoms with E-state index in [1.54, 1.807) is 11.1 Å². The average Bonchev–Trinajstić information content (AvgIpc) is 1.61. The van der Waals surface area contributed by atoms with Crippen LogP contribution in [0.1, 0.15) is 233 Å². The molecule has 0 spiro atoms. The minimum absolute atomic E-state index is 0.0559. The molecule has 0 amide bonds. The first-order valence-corrected chi connectivity index (χ1v) is 45.6. The van der Waals surface area contributed by atoms with Gasteiger partial charge in [-0.25, -0.2) is 0 Å². The van der Waals surface area contributed by atoms with Crippen LogP contribution in [0.5, 0.6) is 0 Å². The number of nitrogens with zero attached hydrogens (tertiary/aromatic N) is 2. The molecule has 120 heavy (non-hydrogen) atoms. The van der Waals surface area contributed by atoms with Gasteiger partial charge in [0.05, 0.1) is 0 Å². The molecule has 0 radical (unpaired) electrons. The predicted molar refractivity (Wildman–Crippen MR) is 517 cm³/mol. The second kappa shape index (κ2) is 36.7. The molecule has 0 saturated heterocycles. The van der Waals surface area contributed by atoms with Crippen molar-refractivity contribution in [2.75, 3.05) is 23.9 Å². The average molecular weight is 1570 g/mol. The number of anilines is 4. The minimum atomic E-state index is -0.471. The third kappa shape index (κ3) is 16.8. The molecular weight excluding hydrogens is 1450 g/mol. The number of benzene rings is 14. The van der Waals surface area contributed by atoms with Gasteiger partial charge in [-0.2, -0.15) is 0 Å². The van der Waals surface area contributed by atoms with Gasteiger partial charge in [-0.15, -0.1) is 0 Å². The summed E-state index contributed by atoms with van der Waals surface area (Å²) in [7, 11) is 4.48. The molecule has 0 saturated carbocycles. The smallest absolute Gasteiger partial charge is 0.0423 e. The van der Waals surface area contributed by atoms with Gasteiger partial charge in [-0.3, -0.25) is 0 Å². The first kappa shape index (κ1) is 82.4. The van der Waals surface area contributed by atoms with Crippen molar-refractivity contribution in [3.63, 3.8) is 0 Å². The Hall–Kier alpha value is -11.3. The molecular formula is C118H124N2. The Kier molecular flexibility index (Phi) is 25.2. The lowest BCUT2D eigenvalue weighted by Crippen LogP contribution is -2.26. The molecule has 2 aliphatic carbocycles. The SMILES string of the molecule is CCCCCCC1(CCCCCC)c2ccccc2-c2ccc(N(C)c3ccc(-c4ccc(-c5ccc(C(C)(C)c6ccc(C(C)(c7ccc(-c8ccc(-c9ccc(C)cc9)cc8)cc7)c7ccc(-c8ccc(-c9ccc(N(C)c%10ccc%11c(c%10)C(CCCCCC)(CCCCCC)c%10ccccc%10-%11)cc9)cc8)cc7)cc6)cc5)cc4)cc3)cc21. The Morgan fingerprint density at radius 1 is 0.225 bits per heavy atom. The molecule has 2 heteroatoms. The number of unbranched alkanes of at least 4 members (excludes halogenated alkanes) is 12.